The molecule has 7 nitrogen and oxygen atoms in total. The van der Waals surface area contributed by atoms with Gasteiger partial charge in [0, 0.05) is 42.7 Å². The molecule has 1 aromatic carbocycles. The van der Waals surface area contributed by atoms with Crippen LogP contribution < -0.4 is 16.0 Å². The predicted molar refractivity (Wildman–Crippen MR) is 108 cm³/mol. The predicted octanol–water partition coefficient (Wildman–Crippen LogP) is 3.45. The number of hydrogen-bond donors (Lipinski definition) is 3. The molecule has 0 atom stereocenters. The van der Waals surface area contributed by atoms with Crippen molar-refractivity contribution in [2.24, 2.45) is 0 Å². The first-order chi connectivity index (χ1) is 12.9. The quantitative estimate of drug-likeness (QED) is 0.620. The number of benzene rings is 1. The van der Waals surface area contributed by atoms with E-state index in [1.165, 1.54) is 6.92 Å². The number of nitrogens with one attached hydrogen (secondary N) is 3. The summed E-state index contributed by atoms with van der Waals surface area (Å²) in [7, 11) is 0. The molecule has 1 aromatic heterocycles. The molecule has 27 heavy (non-hydrogen) atoms. The minimum atomic E-state index is -0.142. The zero-order chi connectivity index (χ0) is 19.8. The molecule has 0 aliphatic heterocycles. The van der Waals surface area contributed by atoms with Crippen molar-refractivity contribution in [3.63, 3.8) is 0 Å². The first-order valence-corrected chi connectivity index (χ1v) is 9.14. The Labute approximate surface area is 160 Å². The molecule has 0 radical (unpaired) electrons. The smallest absolute Gasteiger partial charge is 0.224 e. The summed E-state index contributed by atoms with van der Waals surface area (Å²) >= 11 is 0. The summed E-state index contributed by atoms with van der Waals surface area (Å²) in [6, 6.07) is 7.46. The Kier molecular flexibility index (Phi) is 7.28. The average Bonchev–Trinajstić information content (AvgIpc) is 2.58. The molecule has 0 bridgehead atoms. The number of hydrogen-bond acceptors (Lipinski definition) is 5. The molecular weight excluding hydrogens is 342 g/mol. The molecule has 0 spiro atoms. The summed E-state index contributed by atoms with van der Waals surface area (Å²) in [5, 5.41) is 8.83. The fraction of sp³-hybridized carbons (Fsp3) is 0.400. The highest BCUT2D eigenvalue weighted by Crippen LogP contribution is 2.22. The van der Waals surface area contributed by atoms with Gasteiger partial charge in [0.1, 0.15) is 0 Å². The Morgan fingerprint density at radius 2 is 1.74 bits per heavy atom. The van der Waals surface area contributed by atoms with Crippen molar-refractivity contribution in [2.45, 2.75) is 47.0 Å². The number of aromatic nitrogens is 2. The molecule has 0 saturated carbocycles. The lowest BCUT2D eigenvalue weighted by atomic mass is 10.1. The van der Waals surface area contributed by atoms with E-state index in [1.54, 1.807) is 6.07 Å². The summed E-state index contributed by atoms with van der Waals surface area (Å²) in [6.07, 6.45) is 1.84. The third-order valence-corrected chi connectivity index (χ3v) is 3.93. The second kappa shape index (κ2) is 9.66. The maximum absolute atomic E-state index is 12.3. The number of rotatable bonds is 8. The van der Waals surface area contributed by atoms with E-state index in [-0.39, 0.29) is 11.8 Å². The SMILES string of the molecule is CCc1ccc(NC(C)=O)cc1NC(=O)CCCNc1nc(C)cc(C)n1. The summed E-state index contributed by atoms with van der Waals surface area (Å²) < 4.78 is 0. The van der Waals surface area contributed by atoms with Gasteiger partial charge in [-0.1, -0.05) is 13.0 Å². The average molecular weight is 369 g/mol. The maximum atomic E-state index is 12.3. The van der Waals surface area contributed by atoms with Gasteiger partial charge >= 0.3 is 0 Å². The van der Waals surface area contributed by atoms with E-state index in [2.05, 4.69) is 25.9 Å². The lowest BCUT2D eigenvalue weighted by molar-refractivity contribution is -0.116. The highest BCUT2D eigenvalue weighted by atomic mass is 16.2. The first kappa shape index (κ1) is 20.4. The zero-order valence-electron chi connectivity index (χ0n) is 16.3. The van der Waals surface area contributed by atoms with Crippen LogP contribution in [0.4, 0.5) is 17.3 Å². The van der Waals surface area contributed by atoms with Crippen LogP contribution in [0.2, 0.25) is 0 Å². The Morgan fingerprint density at radius 1 is 1.04 bits per heavy atom. The number of carbonyl (C=O) groups is 2. The lowest BCUT2D eigenvalue weighted by Crippen LogP contribution is -2.15. The molecule has 1 heterocycles. The van der Waals surface area contributed by atoms with Crippen LogP contribution in [0.5, 0.6) is 0 Å². The van der Waals surface area contributed by atoms with Crippen LogP contribution in [0.3, 0.4) is 0 Å². The molecule has 0 aliphatic rings. The molecule has 3 N–H and O–H groups in total. The maximum Gasteiger partial charge on any atom is 0.224 e. The highest BCUT2D eigenvalue weighted by Gasteiger charge is 2.08. The van der Waals surface area contributed by atoms with Crippen LogP contribution in [0.1, 0.15) is 43.6 Å². The highest BCUT2D eigenvalue weighted by molar-refractivity contribution is 5.94. The fourth-order valence-electron chi connectivity index (χ4n) is 2.75. The van der Waals surface area contributed by atoms with E-state index < -0.39 is 0 Å². The minimum Gasteiger partial charge on any atom is -0.354 e. The van der Waals surface area contributed by atoms with Crippen molar-refractivity contribution in [3.8, 4) is 0 Å². The van der Waals surface area contributed by atoms with Gasteiger partial charge < -0.3 is 16.0 Å². The van der Waals surface area contributed by atoms with Gasteiger partial charge in [0.25, 0.3) is 0 Å². The van der Waals surface area contributed by atoms with Crippen molar-refractivity contribution in [1.29, 1.82) is 0 Å². The van der Waals surface area contributed by atoms with Gasteiger partial charge in [0.05, 0.1) is 0 Å². The van der Waals surface area contributed by atoms with E-state index in [9.17, 15) is 9.59 Å². The molecule has 0 unspecified atom stereocenters. The van der Waals surface area contributed by atoms with Crippen molar-refractivity contribution in [2.75, 3.05) is 22.5 Å². The van der Waals surface area contributed by atoms with Crippen LogP contribution >= 0.6 is 0 Å². The van der Waals surface area contributed by atoms with Crippen molar-refractivity contribution >= 4 is 29.1 Å². The molecule has 2 amide bonds. The molecule has 7 heteroatoms. The second-order valence-electron chi connectivity index (χ2n) is 6.46. The van der Waals surface area contributed by atoms with E-state index >= 15 is 0 Å². The van der Waals surface area contributed by atoms with Gasteiger partial charge in [0.2, 0.25) is 17.8 Å². The minimum absolute atomic E-state index is 0.0622. The Morgan fingerprint density at radius 3 is 2.37 bits per heavy atom. The molecule has 2 rings (SSSR count). The third-order valence-electron chi connectivity index (χ3n) is 3.93. The summed E-state index contributed by atoms with van der Waals surface area (Å²) in [6.45, 7) is 7.94. The fourth-order valence-corrected chi connectivity index (χ4v) is 2.75. The van der Waals surface area contributed by atoms with Gasteiger partial charge in [-0.25, -0.2) is 9.97 Å². The van der Waals surface area contributed by atoms with Crippen molar-refractivity contribution in [1.82, 2.24) is 9.97 Å². The van der Waals surface area contributed by atoms with E-state index in [0.717, 1.165) is 29.1 Å². The first-order valence-electron chi connectivity index (χ1n) is 9.14. The number of amides is 2. The van der Waals surface area contributed by atoms with Gasteiger partial charge in [-0.15, -0.1) is 0 Å². The van der Waals surface area contributed by atoms with Gasteiger partial charge in [0.15, 0.2) is 0 Å². The van der Waals surface area contributed by atoms with E-state index in [4.69, 9.17) is 0 Å². The summed E-state index contributed by atoms with van der Waals surface area (Å²) in [5.74, 6) is 0.383. The van der Waals surface area contributed by atoms with Crippen LogP contribution in [-0.2, 0) is 16.0 Å². The van der Waals surface area contributed by atoms with E-state index in [0.29, 0.717) is 31.0 Å². The van der Waals surface area contributed by atoms with Gasteiger partial charge in [-0.3, -0.25) is 9.59 Å². The summed E-state index contributed by atoms with van der Waals surface area (Å²) in [5.41, 5.74) is 4.25. The number of carbonyl (C=O) groups excluding carboxylic acids is 2. The van der Waals surface area contributed by atoms with Crippen LogP contribution in [0.15, 0.2) is 24.3 Å². The van der Waals surface area contributed by atoms with E-state index in [1.807, 2.05) is 39.0 Å². The van der Waals surface area contributed by atoms with Crippen molar-refractivity contribution < 1.29 is 9.59 Å². The topological polar surface area (TPSA) is 96.0 Å². The van der Waals surface area contributed by atoms with Crippen molar-refractivity contribution in [3.05, 3.63) is 41.2 Å². The Balaban J connectivity index is 1.86. The Hall–Kier alpha value is -2.96. The number of anilines is 3. The van der Waals surface area contributed by atoms with Gasteiger partial charge in [-0.05, 0) is 50.5 Å². The zero-order valence-corrected chi connectivity index (χ0v) is 16.3. The normalized spacial score (nSPS) is 10.4. The molecular formula is C20H27N5O2. The largest absolute Gasteiger partial charge is 0.354 e. The molecule has 2 aromatic rings. The van der Waals surface area contributed by atoms with Crippen LogP contribution in [0, 0.1) is 13.8 Å². The second-order valence-corrected chi connectivity index (χ2v) is 6.46. The summed E-state index contributed by atoms with van der Waals surface area (Å²) in [4.78, 5) is 32.1. The third kappa shape index (κ3) is 6.69. The monoisotopic (exact) mass is 369 g/mol. The number of aryl methyl sites for hydroxylation is 3. The lowest BCUT2D eigenvalue weighted by Gasteiger charge is -2.12. The van der Waals surface area contributed by atoms with Gasteiger partial charge in [-0.2, -0.15) is 0 Å². The molecule has 0 fully saturated rings. The van der Waals surface area contributed by atoms with Crippen LogP contribution in [0.25, 0.3) is 0 Å². The number of nitrogens with zero attached hydrogens (tertiary/aromatic N) is 2. The molecule has 0 saturated heterocycles. The Bertz CT molecular complexity index is 800. The molecule has 0 aliphatic carbocycles. The van der Waals surface area contributed by atoms with Crippen LogP contribution in [-0.4, -0.2) is 28.3 Å². The molecule has 144 valence electrons. The standard InChI is InChI=1S/C20H27N5O2/c1-5-16-8-9-17(24-15(4)26)12-18(16)25-19(27)7-6-10-21-20-22-13(2)11-14(3)23-20/h8-9,11-12H,5-7,10H2,1-4H3,(H,24,26)(H,25,27)(H,21,22,23).